The van der Waals surface area contributed by atoms with Gasteiger partial charge in [0.2, 0.25) is 0 Å². The van der Waals surface area contributed by atoms with E-state index in [0.717, 1.165) is 25.7 Å². The average Bonchev–Trinajstić information content (AvgIpc) is 2.85. The number of H-pyrrole nitrogens is 1. The number of amides is 1. The van der Waals surface area contributed by atoms with Gasteiger partial charge in [-0.2, -0.15) is 15.4 Å². The minimum atomic E-state index is 0.0284. The molecule has 0 aliphatic carbocycles. The van der Waals surface area contributed by atoms with Crippen LogP contribution >= 0.6 is 15.9 Å². The van der Waals surface area contributed by atoms with Crippen molar-refractivity contribution in [2.24, 2.45) is 0 Å². The molecule has 0 saturated carbocycles. The van der Waals surface area contributed by atoms with Gasteiger partial charge in [0.15, 0.2) is 5.69 Å². The second kappa shape index (κ2) is 3.84. The molecule has 0 aromatic carbocycles. The molecule has 1 aromatic rings. The van der Waals surface area contributed by atoms with Crippen molar-refractivity contribution in [1.29, 1.82) is 0 Å². The van der Waals surface area contributed by atoms with Crippen LogP contribution in [0.4, 0.5) is 0 Å². The number of halogens is 1. The van der Waals surface area contributed by atoms with Crippen LogP contribution in [0.5, 0.6) is 0 Å². The summed E-state index contributed by atoms with van der Waals surface area (Å²) in [6, 6.07) is 0.764. The summed E-state index contributed by atoms with van der Waals surface area (Å²) in [5, 5.41) is 10.1. The Bertz CT molecular complexity index is 380. The highest BCUT2D eigenvalue weighted by Gasteiger charge is 2.43. The molecule has 0 spiro atoms. The molecular weight excluding hydrogens is 272 g/mol. The van der Waals surface area contributed by atoms with E-state index in [1.54, 1.807) is 0 Å². The second-order valence-electron chi connectivity index (χ2n) is 4.52. The van der Waals surface area contributed by atoms with E-state index in [1.807, 2.05) is 4.90 Å². The van der Waals surface area contributed by atoms with Crippen molar-refractivity contribution in [3.63, 3.8) is 0 Å². The number of piperidine rings is 1. The average molecular weight is 285 g/mol. The summed E-state index contributed by atoms with van der Waals surface area (Å²) < 4.78 is 0. The predicted molar refractivity (Wildman–Crippen MR) is 61.3 cm³/mol. The van der Waals surface area contributed by atoms with Crippen molar-refractivity contribution in [2.45, 2.75) is 42.6 Å². The molecule has 0 radical (unpaired) electrons. The number of aromatic nitrogens is 3. The Morgan fingerprint density at radius 1 is 1.44 bits per heavy atom. The molecule has 3 rings (SSSR count). The van der Waals surface area contributed by atoms with Crippen LogP contribution in [-0.2, 0) is 0 Å². The molecule has 2 aliphatic rings. The quantitative estimate of drug-likeness (QED) is 0.792. The second-order valence-corrected chi connectivity index (χ2v) is 5.82. The maximum atomic E-state index is 12.2. The Labute approximate surface area is 102 Å². The van der Waals surface area contributed by atoms with E-state index in [9.17, 15) is 4.79 Å². The zero-order chi connectivity index (χ0) is 11.1. The van der Waals surface area contributed by atoms with Gasteiger partial charge in [-0.15, -0.1) is 0 Å². The van der Waals surface area contributed by atoms with Gasteiger partial charge in [-0.05, 0) is 25.7 Å². The first-order valence-electron chi connectivity index (χ1n) is 5.58. The Hall–Kier alpha value is -0.910. The fraction of sp³-hybridized carbons (Fsp3) is 0.700. The van der Waals surface area contributed by atoms with Gasteiger partial charge in [-0.1, -0.05) is 15.9 Å². The first kappa shape index (κ1) is 10.3. The summed E-state index contributed by atoms with van der Waals surface area (Å²) in [6.45, 7) is 0. The molecule has 2 bridgehead atoms. The first-order valence-corrected chi connectivity index (χ1v) is 6.50. The van der Waals surface area contributed by atoms with Gasteiger partial charge >= 0.3 is 0 Å². The molecule has 2 atom stereocenters. The number of hydrogen-bond acceptors (Lipinski definition) is 3. The Balaban J connectivity index is 1.84. The standard InChI is InChI=1S/C10H13BrN4O/c11-6-3-7-1-2-8(4-6)15(7)10(16)9-5-12-14-13-9/h5-8H,1-4H2,(H,12,13,14). The van der Waals surface area contributed by atoms with Crippen molar-refractivity contribution >= 4 is 21.8 Å². The molecule has 5 nitrogen and oxygen atoms in total. The van der Waals surface area contributed by atoms with E-state index in [0.29, 0.717) is 22.6 Å². The summed E-state index contributed by atoms with van der Waals surface area (Å²) in [5.74, 6) is 0.0284. The minimum absolute atomic E-state index is 0.0284. The van der Waals surface area contributed by atoms with Crippen molar-refractivity contribution < 1.29 is 4.79 Å². The highest BCUT2D eigenvalue weighted by Crippen LogP contribution is 2.38. The van der Waals surface area contributed by atoms with Crippen molar-refractivity contribution in [2.75, 3.05) is 0 Å². The highest BCUT2D eigenvalue weighted by atomic mass is 79.9. The van der Waals surface area contributed by atoms with E-state index in [1.165, 1.54) is 6.20 Å². The Kier molecular flexibility index (Phi) is 2.46. The first-order chi connectivity index (χ1) is 7.75. The van der Waals surface area contributed by atoms with E-state index in [2.05, 4.69) is 31.3 Å². The molecule has 2 fully saturated rings. The molecule has 1 amide bonds. The summed E-state index contributed by atoms with van der Waals surface area (Å²) >= 11 is 3.66. The smallest absolute Gasteiger partial charge is 0.276 e. The van der Waals surface area contributed by atoms with Crippen LogP contribution < -0.4 is 0 Å². The maximum absolute atomic E-state index is 12.2. The summed E-state index contributed by atoms with van der Waals surface area (Å²) in [5.41, 5.74) is 0.435. The SMILES string of the molecule is O=C(c1cn[nH]n1)N1C2CCC1CC(Br)C2. The number of rotatable bonds is 1. The molecule has 2 saturated heterocycles. The topological polar surface area (TPSA) is 61.9 Å². The lowest BCUT2D eigenvalue weighted by Gasteiger charge is -2.36. The number of alkyl halides is 1. The van der Waals surface area contributed by atoms with E-state index in [4.69, 9.17) is 0 Å². The van der Waals surface area contributed by atoms with Gasteiger partial charge in [-0.3, -0.25) is 4.79 Å². The molecule has 1 N–H and O–H groups in total. The fourth-order valence-corrected chi connectivity index (χ4v) is 3.74. The van der Waals surface area contributed by atoms with Gasteiger partial charge in [0, 0.05) is 16.9 Å². The zero-order valence-electron chi connectivity index (χ0n) is 8.77. The van der Waals surface area contributed by atoms with Gasteiger partial charge in [0.05, 0.1) is 6.20 Å². The van der Waals surface area contributed by atoms with Crippen LogP contribution in [0.25, 0.3) is 0 Å². The van der Waals surface area contributed by atoms with Crippen LogP contribution in [0.2, 0.25) is 0 Å². The summed E-state index contributed by atoms with van der Waals surface area (Å²) in [6.07, 6.45) is 5.86. The summed E-state index contributed by atoms with van der Waals surface area (Å²) in [4.78, 5) is 14.8. The molecule has 3 heterocycles. The van der Waals surface area contributed by atoms with E-state index in [-0.39, 0.29) is 5.91 Å². The van der Waals surface area contributed by atoms with Crippen molar-refractivity contribution in [3.8, 4) is 0 Å². The van der Waals surface area contributed by atoms with Crippen LogP contribution in [0.1, 0.15) is 36.2 Å². The molecule has 6 heteroatoms. The molecule has 16 heavy (non-hydrogen) atoms. The molecule has 1 aromatic heterocycles. The fourth-order valence-electron chi connectivity index (χ4n) is 2.88. The lowest BCUT2D eigenvalue weighted by molar-refractivity contribution is 0.0597. The Morgan fingerprint density at radius 3 is 2.69 bits per heavy atom. The van der Waals surface area contributed by atoms with E-state index < -0.39 is 0 Å². The number of fused-ring (bicyclic) bond motifs is 2. The predicted octanol–water partition coefficient (Wildman–Crippen LogP) is 1.34. The van der Waals surface area contributed by atoms with Gasteiger partial charge in [0.25, 0.3) is 5.91 Å². The number of hydrogen-bond donors (Lipinski definition) is 1. The van der Waals surface area contributed by atoms with Gasteiger partial charge in [0.1, 0.15) is 0 Å². The number of nitrogens with zero attached hydrogens (tertiary/aromatic N) is 3. The minimum Gasteiger partial charge on any atom is -0.331 e. The van der Waals surface area contributed by atoms with Crippen LogP contribution in [0, 0.1) is 0 Å². The van der Waals surface area contributed by atoms with Gasteiger partial charge in [-0.25, -0.2) is 0 Å². The molecule has 86 valence electrons. The lowest BCUT2D eigenvalue weighted by Crippen LogP contribution is -2.47. The monoisotopic (exact) mass is 284 g/mol. The number of carbonyl (C=O) groups is 1. The molecule has 2 aliphatic heterocycles. The van der Waals surface area contributed by atoms with Crippen LogP contribution in [0.3, 0.4) is 0 Å². The number of aromatic amines is 1. The Morgan fingerprint density at radius 2 is 2.12 bits per heavy atom. The van der Waals surface area contributed by atoms with Gasteiger partial charge < -0.3 is 4.90 Å². The number of nitrogens with one attached hydrogen (secondary N) is 1. The third-order valence-corrected chi connectivity index (χ3v) is 4.29. The summed E-state index contributed by atoms with van der Waals surface area (Å²) in [7, 11) is 0. The van der Waals surface area contributed by atoms with Crippen molar-refractivity contribution in [1.82, 2.24) is 20.3 Å². The van der Waals surface area contributed by atoms with Crippen LogP contribution in [0.15, 0.2) is 6.20 Å². The number of carbonyl (C=O) groups excluding carboxylic acids is 1. The third kappa shape index (κ3) is 1.55. The third-order valence-electron chi connectivity index (χ3n) is 3.54. The highest BCUT2D eigenvalue weighted by molar-refractivity contribution is 9.09. The molecule has 2 unspecified atom stereocenters. The maximum Gasteiger partial charge on any atom is 0.276 e. The largest absolute Gasteiger partial charge is 0.331 e. The normalized spacial score (nSPS) is 33.1. The zero-order valence-corrected chi connectivity index (χ0v) is 10.4. The molecular formula is C10H13BrN4O. The van der Waals surface area contributed by atoms with E-state index >= 15 is 0 Å². The van der Waals surface area contributed by atoms with Crippen molar-refractivity contribution in [3.05, 3.63) is 11.9 Å². The van der Waals surface area contributed by atoms with Crippen LogP contribution in [-0.4, -0.2) is 43.1 Å². The lowest BCUT2D eigenvalue weighted by atomic mass is 10.0.